The van der Waals surface area contributed by atoms with Gasteiger partial charge in [-0.15, -0.1) is 0 Å². The van der Waals surface area contributed by atoms with E-state index < -0.39 is 22.8 Å². The van der Waals surface area contributed by atoms with Gasteiger partial charge in [-0.1, -0.05) is 6.92 Å². The molecule has 2 heterocycles. The molecule has 0 fully saturated rings. The third-order valence-electron chi connectivity index (χ3n) is 5.56. The number of fused-ring (bicyclic) bond motifs is 1. The lowest BCUT2D eigenvalue weighted by molar-refractivity contribution is -0.127. The molecule has 3 aromatic rings. The maximum Gasteiger partial charge on any atom is 0.260 e. The van der Waals surface area contributed by atoms with Crippen LogP contribution in [0.25, 0.3) is 22.2 Å². The second-order valence-electron chi connectivity index (χ2n) is 8.04. The van der Waals surface area contributed by atoms with Crippen LogP contribution in [0.2, 0.25) is 0 Å². The van der Waals surface area contributed by atoms with Crippen molar-refractivity contribution in [3.8, 4) is 11.1 Å². The van der Waals surface area contributed by atoms with Gasteiger partial charge in [-0.3, -0.25) is 14.2 Å². The topological polar surface area (TPSA) is 95.4 Å². The SMILES string of the molecule is CCN(C)SNc1ccc(F)c(-c2cc3cnc(NCCCN(C)C(C)=O)nc3n(C)c2=O)c1F. The lowest BCUT2D eigenvalue weighted by Gasteiger charge is -2.16. The van der Waals surface area contributed by atoms with Crippen molar-refractivity contribution in [3.05, 3.63) is 46.4 Å². The Morgan fingerprint density at radius 3 is 2.69 bits per heavy atom. The Balaban J connectivity index is 1.90. The summed E-state index contributed by atoms with van der Waals surface area (Å²) in [4.78, 5) is 34.6. The van der Waals surface area contributed by atoms with Gasteiger partial charge in [0.05, 0.1) is 16.8 Å². The van der Waals surface area contributed by atoms with E-state index >= 15 is 4.39 Å². The highest BCUT2D eigenvalue weighted by atomic mass is 32.2. The van der Waals surface area contributed by atoms with Crippen LogP contribution in [0.5, 0.6) is 0 Å². The van der Waals surface area contributed by atoms with Gasteiger partial charge in [0, 0.05) is 64.4 Å². The minimum atomic E-state index is -0.854. The molecule has 12 heteroatoms. The number of amides is 1. The number of nitrogens with zero attached hydrogens (tertiary/aromatic N) is 5. The number of rotatable bonds is 10. The third kappa shape index (κ3) is 6.06. The van der Waals surface area contributed by atoms with Crippen LogP contribution in [0, 0.1) is 11.6 Å². The number of anilines is 2. The summed E-state index contributed by atoms with van der Waals surface area (Å²) in [7, 11) is 5.05. The fourth-order valence-electron chi connectivity index (χ4n) is 3.25. The van der Waals surface area contributed by atoms with Crippen LogP contribution in [0.1, 0.15) is 20.3 Å². The molecule has 1 aromatic carbocycles. The number of aromatic nitrogens is 3. The van der Waals surface area contributed by atoms with Gasteiger partial charge >= 0.3 is 0 Å². The number of nitrogens with one attached hydrogen (secondary N) is 2. The van der Waals surface area contributed by atoms with Crippen molar-refractivity contribution >= 4 is 40.7 Å². The number of halogens is 2. The molecule has 35 heavy (non-hydrogen) atoms. The molecule has 0 radical (unpaired) electrons. The molecule has 2 N–H and O–H groups in total. The van der Waals surface area contributed by atoms with Gasteiger partial charge in [0.1, 0.15) is 11.5 Å². The number of carbonyl (C=O) groups is 1. The van der Waals surface area contributed by atoms with Gasteiger partial charge < -0.3 is 14.9 Å². The number of carbonyl (C=O) groups excluding carboxylic acids is 1. The number of aryl methyl sites for hydroxylation is 1. The largest absolute Gasteiger partial charge is 0.354 e. The minimum absolute atomic E-state index is 0.0148. The molecule has 0 spiro atoms. The summed E-state index contributed by atoms with van der Waals surface area (Å²) in [6.45, 7) is 5.26. The molecular formula is C23H29F2N7O2S. The minimum Gasteiger partial charge on any atom is -0.354 e. The van der Waals surface area contributed by atoms with Crippen LogP contribution in [0.4, 0.5) is 20.4 Å². The van der Waals surface area contributed by atoms with Gasteiger partial charge in [-0.2, -0.15) is 4.98 Å². The molecule has 0 aliphatic rings. The van der Waals surface area contributed by atoms with Crippen LogP contribution in [0.15, 0.2) is 29.2 Å². The van der Waals surface area contributed by atoms with Crippen LogP contribution in [-0.4, -0.2) is 63.4 Å². The zero-order valence-electron chi connectivity index (χ0n) is 20.4. The van der Waals surface area contributed by atoms with Crippen LogP contribution < -0.4 is 15.6 Å². The average molecular weight is 506 g/mol. The Morgan fingerprint density at radius 2 is 2.00 bits per heavy atom. The predicted molar refractivity (Wildman–Crippen MR) is 136 cm³/mol. The normalized spacial score (nSPS) is 11.2. The van der Waals surface area contributed by atoms with Crippen molar-refractivity contribution in [2.75, 3.05) is 43.8 Å². The van der Waals surface area contributed by atoms with E-state index in [4.69, 9.17) is 0 Å². The van der Waals surface area contributed by atoms with Crippen molar-refractivity contribution in [2.24, 2.45) is 7.05 Å². The van der Waals surface area contributed by atoms with Crippen molar-refractivity contribution in [1.82, 2.24) is 23.7 Å². The molecule has 0 atom stereocenters. The quantitative estimate of drug-likeness (QED) is 0.320. The fourth-order valence-corrected chi connectivity index (χ4v) is 3.80. The Labute approximate surface area is 206 Å². The van der Waals surface area contributed by atoms with Crippen LogP contribution in [-0.2, 0) is 11.8 Å². The van der Waals surface area contributed by atoms with Gasteiger partial charge in [-0.05, 0) is 31.7 Å². The van der Waals surface area contributed by atoms with Crippen LogP contribution in [0.3, 0.4) is 0 Å². The first kappa shape index (κ1) is 26.4. The lowest BCUT2D eigenvalue weighted by Crippen LogP contribution is -2.26. The summed E-state index contributed by atoms with van der Waals surface area (Å²) < 4.78 is 36.0. The predicted octanol–water partition coefficient (Wildman–Crippen LogP) is 3.48. The number of hydrogen-bond acceptors (Lipinski definition) is 8. The summed E-state index contributed by atoms with van der Waals surface area (Å²) in [6.07, 6.45) is 2.18. The van der Waals surface area contributed by atoms with Crippen molar-refractivity contribution in [3.63, 3.8) is 0 Å². The molecular weight excluding hydrogens is 476 g/mol. The first-order valence-corrected chi connectivity index (χ1v) is 11.9. The number of benzene rings is 1. The van der Waals surface area contributed by atoms with Gasteiger partial charge in [-0.25, -0.2) is 18.1 Å². The molecule has 0 aliphatic carbocycles. The maximum atomic E-state index is 15.3. The molecule has 0 unspecified atom stereocenters. The van der Waals surface area contributed by atoms with E-state index in [2.05, 4.69) is 20.0 Å². The molecule has 0 saturated heterocycles. The smallest absolute Gasteiger partial charge is 0.260 e. The van der Waals surface area contributed by atoms with Crippen molar-refractivity contribution < 1.29 is 13.6 Å². The molecule has 3 rings (SSSR count). The summed E-state index contributed by atoms with van der Waals surface area (Å²) >= 11 is 1.17. The summed E-state index contributed by atoms with van der Waals surface area (Å²) in [5.74, 6) is -1.40. The first-order chi connectivity index (χ1) is 16.6. The second kappa shape index (κ2) is 11.5. The van der Waals surface area contributed by atoms with E-state index in [-0.39, 0.29) is 17.2 Å². The first-order valence-electron chi connectivity index (χ1n) is 11.1. The van der Waals surface area contributed by atoms with E-state index in [1.165, 1.54) is 49.0 Å². The van der Waals surface area contributed by atoms with E-state index in [1.54, 1.807) is 11.9 Å². The van der Waals surface area contributed by atoms with Crippen molar-refractivity contribution in [1.29, 1.82) is 0 Å². The number of hydrogen-bond donors (Lipinski definition) is 2. The molecule has 1 amide bonds. The zero-order chi connectivity index (χ0) is 25.7. The number of pyridine rings is 1. The summed E-state index contributed by atoms with van der Waals surface area (Å²) in [6, 6.07) is 3.83. The second-order valence-corrected chi connectivity index (χ2v) is 9.05. The van der Waals surface area contributed by atoms with Gasteiger partial charge in [0.2, 0.25) is 11.9 Å². The summed E-state index contributed by atoms with van der Waals surface area (Å²) in [5, 5.41) is 3.53. The summed E-state index contributed by atoms with van der Waals surface area (Å²) in [5.41, 5.74) is -0.718. The highest BCUT2D eigenvalue weighted by Gasteiger charge is 2.21. The average Bonchev–Trinajstić information content (AvgIpc) is 2.84. The van der Waals surface area contributed by atoms with E-state index in [0.717, 1.165) is 6.07 Å². The Hall–Kier alpha value is -3.25. The highest BCUT2D eigenvalue weighted by Crippen LogP contribution is 2.31. The third-order valence-corrected chi connectivity index (χ3v) is 6.44. The zero-order valence-corrected chi connectivity index (χ0v) is 21.2. The molecule has 0 aliphatic heterocycles. The molecule has 0 saturated carbocycles. The Kier molecular flexibility index (Phi) is 8.62. The highest BCUT2D eigenvalue weighted by molar-refractivity contribution is 7.98. The Morgan fingerprint density at radius 1 is 1.26 bits per heavy atom. The lowest BCUT2D eigenvalue weighted by atomic mass is 10.0. The molecule has 188 valence electrons. The van der Waals surface area contributed by atoms with Gasteiger partial charge in [0.15, 0.2) is 5.82 Å². The van der Waals surface area contributed by atoms with E-state index in [9.17, 15) is 14.0 Å². The van der Waals surface area contributed by atoms with E-state index in [0.29, 0.717) is 43.0 Å². The van der Waals surface area contributed by atoms with Crippen LogP contribution >= 0.6 is 12.1 Å². The maximum absolute atomic E-state index is 15.3. The monoisotopic (exact) mass is 505 g/mol. The van der Waals surface area contributed by atoms with E-state index in [1.807, 2.05) is 18.3 Å². The fraction of sp³-hybridized carbons (Fsp3) is 0.391. The van der Waals surface area contributed by atoms with Crippen molar-refractivity contribution in [2.45, 2.75) is 20.3 Å². The van der Waals surface area contributed by atoms with Gasteiger partial charge in [0.25, 0.3) is 5.56 Å². The molecule has 9 nitrogen and oxygen atoms in total. The molecule has 2 aromatic heterocycles. The standard InChI is InChI=1S/C23H29F2N7O2S/c1-6-31(4)35-29-18-9-8-17(24)19(20(18)25)16-12-15-13-27-23(28-21(15)32(5)22(16)34)26-10-7-11-30(3)14(2)33/h8-9,12-13,29H,6-7,10-11H2,1-5H3,(H,26,27,28). The Bertz CT molecular complexity index is 1280. The molecule has 0 bridgehead atoms.